The number of hydrogen-bond donors (Lipinski definition) is 0. The van der Waals surface area contributed by atoms with Crippen molar-refractivity contribution in [2.45, 2.75) is 44.8 Å². The zero-order valence-electron chi connectivity index (χ0n) is 9.61. The summed E-state index contributed by atoms with van der Waals surface area (Å²) >= 11 is 0. The van der Waals surface area contributed by atoms with Gasteiger partial charge in [-0.05, 0) is 19.9 Å². The third kappa shape index (κ3) is 1.35. The lowest BCUT2D eigenvalue weighted by molar-refractivity contribution is 0.340. The summed E-state index contributed by atoms with van der Waals surface area (Å²) in [6.45, 7) is 1.77. The fourth-order valence-corrected chi connectivity index (χ4v) is 2.92. The Morgan fingerprint density at radius 2 is 2.06 bits per heavy atom. The lowest BCUT2D eigenvalue weighted by atomic mass is 10.2. The first-order chi connectivity index (χ1) is 7.79. The Morgan fingerprint density at radius 1 is 1.31 bits per heavy atom. The van der Waals surface area contributed by atoms with Gasteiger partial charge in [0.1, 0.15) is 11.8 Å². The highest BCUT2D eigenvalue weighted by Crippen LogP contribution is 2.33. The highest BCUT2D eigenvalue weighted by atomic mass is 15.3. The molecular weight excluding hydrogens is 200 g/mol. The summed E-state index contributed by atoms with van der Waals surface area (Å²) in [4.78, 5) is 2.21. The molecule has 0 unspecified atom stereocenters. The third-order valence-electron chi connectivity index (χ3n) is 3.72. The summed E-state index contributed by atoms with van der Waals surface area (Å²) < 4.78 is 2.00. The second kappa shape index (κ2) is 3.60. The van der Waals surface area contributed by atoms with Gasteiger partial charge in [0.25, 0.3) is 0 Å². The van der Waals surface area contributed by atoms with Crippen LogP contribution in [0.2, 0.25) is 0 Å². The molecule has 0 spiro atoms. The fraction of sp³-hybridized carbons (Fsp3) is 0.667. The molecule has 3 rings (SSSR count). The van der Waals surface area contributed by atoms with Crippen molar-refractivity contribution < 1.29 is 0 Å². The van der Waals surface area contributed by atoms with E-state index in [1.165, 1.54) is 25.7 Å². The quantitative estimate of drug-likeness (QED) is 0.719. The SMILES string of the molecule is CN1Cc2nn(C3CCCC3)c(C#N)c2C1. The molecule has 0 atom stereocenters. The summed E-state index contributed by atoms with van der Waals surface area (Å²) in [5.74, 6) is 0. The first kappa shape index (κ1) is 9.86. The van der Waals surface area contributed by atoms with Crippen molar-refractivity contribution in [2.24, 2.45) is 0 Å². The molecular formula is C12H16N4. The number of fused-ring (bicyclic) bond motifs is 1. The normalized spacial score (nSPS) is 21.2. The van der Waals surface area contributed by atoms with Gasteiger partial charge in [0, 0.05) is 18.7 Å². The fourth-order valence-electron chi connectivity index (χ4n) is 2.92. The monoisotopic (exact) mass is 216 g/mol. The van der Waals surface area contributed by atoms with Gasteiger partial charge in [0.2, 0.25) is 0 Å². The van der Waals surface area contributed by atoms with Gasteiger partial charge in [-0.3, -0.25) is 9.58 Å². The number of hydrogen-bond acceptors (Lipinski definition) is 3. The molecule has 0 N–H and O–H groups in total. The van der Waals surface area contributed by atoms with Crippen molar-refractivity contribution in [3.05, 3.63) is 17.0 Å². The zero-order valence-corrected chi connectivity index (χ0v) is 9.61. The van der Waals surface area contributed by atoms with Gasteiger partial charge in [-0.25, -0.2) is 0 Å². The predicted octanol–water partition coefficient (Wildman–Crippen LogP) is 1.82. The Kier molecular flexibility index (Phi) is 2.22. The van der Waals surface area contributed by atoms with E-state index in [2.05, 4.69) is 23.1 Å². The predicted molar refractivity (Wildman–Crippen MR) is 59.6 cm³/mol. The van der Waals surface area contributed by atoms with Gasteiger partial charge in [-0.2, -0.15) is 10.4 Å². The second-order valence-electron chi connectivity index (χ2n) is 4.94. The number of nitriles is 1. The molecule has 0 bridgehead atoms. The Bertz CT molecular complexity index is 448. The van der Waals surface area contributed by atoms with E-state index < -0.39 is 0 Å². The van der Waals surface area contributed by atoms with Crippen LogP contribution in [0.5, 0.6) is 0 Å². The summed E-state index contributed by atoms with van der Waals surface area (Å²) in [5, 5.41) is 13.9. The summed E-state index contributed by atoms with van der Waals surface area (Å²) in [5.41, 5.74) is 3.09. The van der Waals surface area contributed by atoms with Crippen molar-refractivity contribution in [1.82, 2.24) is 14.7 Å². The average molecular weight is 216 g/mol. The summed E-state index contributed by atoms with van der Waals surface area (Å²) in [6.07, 6.45) is 4.93. The van der Waals surface area contributed by atoms with E-state index >= 15 is 0 Å². The maximum atomic E-state index is 9.29. The number of nitrogens with zero attached hydrogens (tertiary/aromatic N) is 4. The lowest BCUT2D eigenvalue weighted by Gasteiger charge is -2.13. The van der Waals surface area contributed by atoms with Gasteiger partial charge < -0.3 is 0 Å². The maximum Gasteiger partial charge on any atom is 0.143 e. The van der Waals surface area contributed by atoms with E-state index in [1.807, 2.05) is 4.68 Å². The van der Waals surface area contributed by atoms with Crippen LogP contribution in [0.1, 0.15) is 48.7 Å². The van der Waals surface area contributed by atoms with E-state index in [0.717, 1.165) is 30.0 Å². The minimum Gasteiger partial charge on any atom is -0.296 e. The molecule has 1 saturated carbocycles. The third-order valence-corrected chi connectivity index (χ3v) is 3.72. The van der Waals surface area contributed by atoms with Crippen LogP contribution in [0.4, 0.5) is 0 Å². The molecule has 0 saturated heterocycles. The molecule has 4 nitrogen and oxygen atoms in total. The topological polar surface area (TPSA) is 44.9 Å². The highest BCUT2D eigenvalue weighted by Gasteiger charge is 2.29. The van der Waals surface area contributed by atoms with Crippen LogP contribution in [-0.2, 0) is 13.1 Å². The van der Waals surface area contributed by atoms with Gasteiger partial charge in [-0.15, -0.1) is 0 Å². The smallest absolute Gasteiger partial charge is 0.143 e. The van der Waals surface area contributed by atoms with Crippen molar-refractivity contribution in [3.8, 4) is 6.07 Å². The van der Waals surface area contributed by atoms with E-state index in [9.17, 15) is 5.26 Å². The van der Waals surface area contributed by atoms with Crippen LogP contribution >= 0.6 is 0 Å². The van der Waals surface area contributed by atoms with Gasteiger partial charge in [0.05, 0.1) is 11.7 Å². The molecule has 2 aliphatic rings. The molecule has 1 aromatic rings. The van der Waals surface area contributed by atoms with Gasteiger partial charge >= 0.3 is 0 Å². The van der Waals surface area contributed by atoms with Crippen LogP contribution in [0, 0.1) is 11.3 Å². The van der Waals surface area contributed by atoms with Crippen LogP contribution in [0.25, 0.3) is 0 Å². The molecule has 1 aromatic heterocycles. The van der Waals surface area contributed by atoms with Crippen LogP contribution in [0.15, 0.2) is 0 Å². The molecule has 84 valence electrons. The minimum atomic E-state index is 0.477. The number of rotatable bonds is 1. The molecule has 0 radical (unpaired) electrons. The standard InChI is InChI=1S/C12H16N4/c1-15-7-10-11(8-15)14-16(12(10)6-13)9-4-2-3-5-9/h9H,2-5,7-8H2,1H3. The van der Waals surface area contributed by atoms with Crippen molar-refractivity contribution >= 4 is 0 Å². The first-order valence-corrected chi connectivity index (χ1v) is 5.98. The Balaban J connectivity index is 2.01. The molecule has 0 aromatic carbocycles. The van der Waals surface area contributed by atoms with Crippen molar-refractivity contribution in [1.29, 1.82) is 5.26 Å². The number of aromatic nitrogens is 2. The van der Waals surface area contributed by atoms with E-state index in [0.29, 0.717) is 6.04 Å². The summed E-state index contributed by atoms with van der Waals surface area (Å²) in [6, 6.07) is 2.82. The van der Waals surface area contributed by atoms with Crippen molar-refractivity contribution in [2.75, 3.05) is 7.05 Å². The van der Waals surface area contributed by atoms with Crippen LogP contribution in [0.3, 0.4) is 0 Å². The molecule has 0 amide bonds. The first-order valence-electron chi connectivity index (χ1n) is 5.98. The zero-order chi connectivity index (χ0) is 11.1. The molecule has 4 heteroatoms. The lowest BCUT2D eigenvalue weighted by Crippen LogP contribution is -2.14. The van der Waals surface area contributed by atoms with E-state index in [1.54, 1.807) is 0 Å². The average Bonchev–Trinajstić information content (AvgIpc) is 2.90. The second-order valence-corrected chi connectivity index (χ2v) is 4.94. The van der Waals surface area contributed by atoms with E-state index in [4.69, 9.17) is 0 Å². The summed E-state index contributed by atoms with van der Waals surface area (Å²) in [7, 11) is 2.07. The van der Waals surface area contributed by atoms with Crippen molar-refractivity contribution in [3.63, 3.8) is 0 Å². The molecule has 1 aliphatic heterocycles. The Morgan fingerprint density at radius 3 is 2.75 bits per heavy atom. The molecule has 2 heterocycles. The highest BCUT2D eigenvalue weighted by molar-refractivity contribution is 5.38. The molecule has 1 aliphatic carbocycles. The van der Waals surface area contributed by atoms with Crippen LogP contribution < -0.4 is 0 Å². The molecule has 16 heavy (non-hydrogen) atoms. The Labute approximate surface area is 95.5 Å². The Hall–Kier alpha value is -1.34. The van der Waals surface area contributed by atoms with Gasteiger partial charge in [0.15, 0.2) is 0 Å². The van der Waals surface area contributed by atoms with Crippen LogP contribution in [-0.4, -0.2) is 21.7 Å². The largest absolute Gasteiger partial charge is 0.296 e. The van der Waals surface area contributed by atoms with E-state index in [-0.39, 0.29) is 0 Å². The minimum absolute atomic E-state index is 0.477. The molecule has 1 fully saturated rings. The maximum absolute atomic E-state index is 9.29. The van der Waals surface area contributed by atoms with Gasteiger partial charge in [-0.1, -0.05) is 12.8 Å².